The van der Waals surface area contributed by atoms with Crippen molar-refractivity contribution in [3.63, 3.8) is 0 Å². The van der Waals surface area contributed by atoms with Crippen LogP contribution in [-0.4, -0.2) is 45.5 Å². The number of rotatable bonds is 1. The number of hydrogen-bond acceptors (Lipinski definition) is 4. The molecule has 7 nitrogen and oxygen atoms in total. The molecular formula is C11H15F3N4O3. The zero-order valence-electron chi connectivity index (χ0n) is 11.2. The van der Waals surface area contributed by atoms with Crippen molar-refractivity contribution in [3.05, 3.63) is 12.4 Å². The maximum atomic E-state index is 11.6. The van der Waals surface area contributed by atoms with Gasteiger partial charge in [-0.15, -0.1) is 0 Å². The van der Waals surface area contributed by atoms with Crippen LogP contribution in [0, 0.1) is 0 Å². The Morgan fingerprint density at radius 2 is 2.10 bits per heavy atom. The van der Waals surface area contributed by atoms with Gasteiger partial charge in [0.1, 0.15) is 0 Å². The van der Waals surface area contributed by atoms with Crippen molar-refractivity contribution in [3.8, 4) is 0 Å². The van der Waals surface area contributed by atoms with Gasteiger partial charge in [-0.2, -0.15) is 18.3 Å². The summed E-state index contributed by atoms with van der Waals surface area (Å²) in [5.74, 6) is -2.62. The van der Waals surface area contributed by atoms with Crippen LogP contribution in [0.1, 0.15) is 12.8 Å². The van der Waals surface area contributed by atoms with Gasteiger partial charge in [-0.3, -0.25) is 9.48 Å². The topological polar surface area (TPSA) is 101 Å². The summed E-state index contributed by atoms with van der Waals surface area (Å²) in [6, 6.07) is 0.0907. The summed E-state index contributed by atoms with van der Waals surface area (Å²) in [5.41, 5.74) is 6.65. The van der Waals surface area contributed by atoms with E-state index in [1.165, 1.54) is 0 Å². The standard InChI is InChI=1S/C9H14N4O.C2HF3O2/c1-12-6-8(4-11-12)13-5-7(10)2-3-9(13)14;3-2(4,5)1(6)7/h4,6-7H,2-3,5,10H2,1H3;(H,6,7). The van der Waals surface area contributed by atoms with Crippen molar-refractivity contribution in [1.82, 2.24) is 9.78 Å². The van der Waals surface area contributed by atoms with Crippen LogP contribution in [0.2, 0.25) is 0 Å². The van der Waals surface area contributed by atoms with Crippen LogP contribution in [0.4, 0.5) is 18.9 Å². The van der Waals surface area contributed by atoms with Gasteiger partial charge in [0.25, 0.3) is 0 Å². The first-order valence-electron chi connectivity index (χ1n) is 5.96. The zero-order chi connectivity index (χ0) is 16.2. The average Bonchev–Trinajstić information content (AvgIpc) is 2.78. The van der Waals surface area contributed by atoms with Crippen molar-refractivity contribution in [2.24, 2.45) is 12.8 Å². The van der Waals surface area contributed by atoms with Gasteiger partial charge in [-0.25, -0.2) is 4.79 Å². The van der Waals surface area contributed by atoms with E-state index in [1.807, 2.05) is 13.2 Å². The zero-order valence-corrected chi connectivity index (χ0v) is 11.2. The third kappa shape index (κ3) is 5.06. The molecule has 0 radical (unpaired) electrons. The van der Waals surface area contributed by atoms with Crippen LogP contribution in [0.5, 0.6) is 0 Å². The van der Waals surface area contributed by atoms with Gasteiger partial charge in [0.05, 0.1) is 11.9 Å². The van der Waals surface area contributed by atoms with Crippen molar-refractivity contribution >= 4 is 17.6 Å². The Labute approximate surface area is 118 Å². The number of carbonyl (C=O) groups is 2. The molecule has 1 aromatic rings. The number of anilines is 1. The van der Waals surface area contributed by atoms with Crippen LogP contribution >= 0.6 is 0 Å². The highest BCUT2D eigenvalue weighted by Gasteiger charge is 2.38. The van der Waals surface area contributed by atoms with E-state index in [0.717, 1.165) is 12.1 Å². The van der Waals surface area contributed by atoms with Crippen LogP contribution in [0.3, 0.4) is 0 Å². The minimum Gasteiger partial charge on any atom is -0.475 e. The highest BCUT2D eigenvalue weighted by molar-refractivity contribution is 5.93. The molecule has 0 saturated carbocycles. The molecule has 3 N–H and O–H groups in total. The van der Waals surface area contributed by atoms with E-state index in [9.17, 15) is 18.0 Å². The third-order valence-corrected chi connectivity index (χ3v) is 2.69. The van der Waals surface area contributed by atoms with Crippen molar-refractivity contribution in [2.75, 3.05) is 11.4 Å². The van der Waals surface area contributed by atoms with E-state index in [0.29, 0.717) is 13.0 Å². The largest absolute Gasteiger partial charge is 0.490 e. The lowest BCUT2D eigenvalue weighted by Crippen LogP contribution is -2.46. The molecule has 1 saturated heterocycles. The number of hydrogen-bond donors (Lipinski definition) is 2. The lowest BCUT2D eigenvalue weighted by Gasteiger charge is -2.29. The van der Waals surface area contributed by atoms with Gasteiger partial charge >= 0.3 is 12.1 Å². The highest BCUT2D eigenvalue weighted by Crippen LogP contribution is 2.19. The number of alkyl halides is 3. The van der Waals surface area contributed by atoms with Crippen molar-refractivity contribution in [2.45, 2.75) is 25.1 Å². The molecular weight excluding hydrogens is 293 g/mol. The van der Waals surface area contributed by atoms with Crippen LogP contribution in [0.25, 0.3) is 0 Å². The Hall–Kier alpha value is -2.10. The summed E-state index contributed by atoms with van der Waals surface area (Å²) in [7, 11) is 1.83. The quantitative estimate of drug-likeness (QED) is 0.787. The molecule has 1 aliphatic rings. The average molecular weight is 308 g/mol. The van der Waals surface area contributed by atoms with E-state index in [-0.39, 0.29) is 11.9 Å². The fraction of sp³-hybridized carbons (Fsp3) is 0.545. The number of nitrogens with two attached hydrogens (primary N) is 1. The number of halogens is 3. The molecule has 21 heavy (non-hydrogen) atoms. The van der Waals surface area contributed by atoms with E-state index in [4.69, 9.17) is 15.6 Å². The Kier molecular flexibility index (Phi) is 5.30. The number of carbonyl (C=O) groups excluding carboxylic acids is 1. The number of aliphatic carboxylic acids is 1. The van der Waals surface area contributed by atoms with Crippen LogP contribution < -0.4 is 10.6 Å². The predicted octanol–water partition coefficient (Wildman–Crippen LogP) is 0.507. The first kappa shape index (κ1) is 17.0. The van der Waals surface area contributed by atoms with E-state index in [2.05, 4.69) is 5.10 Å². The highest BCUT2D eigenvalue weighted by atomic mass is 19.4. The molecule has 1 aromatic heterocycles. The molecule has 0 aromatic carbocycles. The normalized spacial score (nSPS) is 19.0. The Balaban J connectivity index is 0.000000270. The van der Waals surface area contributed by atoms with Gasteiger partial charge in [-0.1, -0.05) is 0 Å². The van der Waals surface area contributed by atoms with Gasteiger partial charge in [0.15, 0.2) is 0 Å². The number of amides is 1. The molecule has 1 amide bonds. The van der Waals surface area contributed by atoms with E-state index in [1.54, 1.807) is 15.8 Å². The monoisotopic (exact) mass is 308 g/mol. The minimum atomic E-state index is -5.08. The second-order valence-corrected chi connectivity index (χ2v) is 4.48. The SMILES string of the molecule is Cn1cc(N2CC(N)CCC2=O)cn1.O=C(O)C(F)(F)F. The second kappa shape index (κ2) is 6.57. The van der Waals surface area contributed by atoms with Gasteiger partial charge < -0.3 is 15.7 Å². The molecule has 0 bridgehead atoms. The lowest BCUT2D eigenvalue weighted by atomic mass is 10.1. The molecule has 0 spiro atoms. The summed E-state index contributed by atoms with van der Waals surface area (Å²) < 4.78 is 33.4. The van der Waals surface area contributed by atoms with E-state index >= 15 is 0 Å². The molecule has 1 atom stereocenters. The number of aryl methyl sites for hydroxylation is 1. The minimum absolute atomic E-state index is 0.0907. The second-order valence-electron chi connectivity index (χ2n) is 4.48. The molecule has 10 heteroatoms. The number of piperidine rings is 1. The predicted molar refractivity (Wildman–Crippen MR) is 66.5 cm³/mol. The molecule has 1 aliphatic heterocycles. The maximum Gasteiger partial charge on any atom is 0.490 e. The number of aromatic nitrogens is 2. The Morgan fingerprint density at radius 1 is 1.52 bits per heavy atom. The van der Waals surface area contributed by atoms with Gasteiger partial charge in [-0.05, 0) is 6.42 Å². The van der Waals surface area contributed by atoms with Crippen molar-refractivity contribution < 1.29 is 27.9 Å². The number of carboxylic acids is 1. The smallest absolute Gasteiger partial charge is 0.475 e. The summed E-state index contributed by atoms with van der Waals surface area (Å²) >= 11 is 0. The molecule has 2 heterocycles. The Bertz CT molecular complexity index is 515. The van der Waals surface area contributed by atoms with Crippen LogP contribution in [-0.2, 0) is 16.6 Å². The Morgan fingerprint density at radius 3 is 2.52 bits per heavy atom. The summed E-state index contributed by atoms with van der Waals surface area (Å²) in [6.07, 6.45) is -0.239. The molecule has 118 valence electrons. The summed E-state index contributed by atoms with van der Waals surface area (Å²) in [4.78, 5) is 22.2. The number of nitrogens with zero attached hydrogens (tertiary/aromatic N) is 3. The molecule has 1 unspecified atom stereocenters. The first-order chi connectivity index (χ1) is 9.61. The fourth-order valence-corrected chi connectivity index (χ4v) is 1.67. The maximum absolute atomic E-state index is 11.6. The van der Waals surface area contributed by atoms with Crippen LogP contribution in [0.15, 0.2) is 12.4 Å². The van der Waals surface area contributed by atoms with Gasteiger partial charge in [0, 0.05) is 32.3 Å². The first-order valence-corrected chi connectivity index (χ1v) is 5.96. The number of carboxylic acid groups (broad SMARTS) is 1. The summed E-state index contributed by atoms with van der Waals surface area (Å²) in [6.45, 7) is 0.602. The summed E-state index contributed by atoms with van der Waals surface area (Å²) in [5, 5.41) is 11.2. The van der Waals surface area contributed by atoms with E-state index < -0.39 is 12.1 Å². The van der Waals surface area contributed by atoms with Gasteiger partial charge in [0.2, 0.25) is 5.91 Å². The lowest BCUT2D eigenvalue weighted by molar-refractivity contribution is -0.192. The van der Waals surface area contributed by atoms with Crippen molar-refractivity contribution in [1.29, 1.82) is 0 Å². The fourth-order valence-electron chi connectivity index (χ4n) is 1.67. The molecule has 0 aliphatic carbocycles. The molecule has 1 fully saturated rings. The molecule has 2 rings (SSSR count). The third-order valence-electron chi connectivity index (χ3n) is 2.69.